The van der Waals surface area contributed by atoms with Crippen LogP contribution in [0.2, 0.25) is 0 Å². The van der Waals surface area contributed by atoms with Gasteiger partial charge >= 0.3 is 0 Å². The number of nitrogens with zero attached hydrogens (tertiary/aromatic N) is 3. The van der Waals surface area contributed by atoms with Crippen molar-refractivity contribution in [2.75, 3.05) is 30.4 Å². The first-order chi connectivity index (χ1) is 9.55. The number of hydrogen-bond acceptors (Lipinski definition) is 6. The summed E-state index contributed by atoms with van der Waals surface area (Å²) in [5.74, 6) is 2.09. The Morgan fingerprint density at radius 2 is 2.30 bits per heavy atom. The van der Waals surface area contributed by atoms with Gasteiger partial charge in [-0.2, -0.15) is 16.1 Å². The third-order valence-electron chi connectivity index (χ3n) is 3.31. The zero-order chi connectivity index (χ0) is 14.3. The number of aromatic nitrogens is 2. The minimum atomic E-state index is -3.54. The second-order valence-corrected chi connectivity index (χ2v) is 8.44. The van der Waals surface area contributed by atoms with Crippen LogP contribution < -0.4 is 5.32 Å². The molecule has 3 heterocycles. The average molecular weight is 332 g/mol. The van der Waals surface area contributed by atoms with Crippen molar-refractivity contribution < 1.29 is 8.42 Å². The van der Waals surface area contributed by atoms with Crippen LogP contribution in [0.25, 0.3) is 4.96 Å². The number of thioether (sulfide) groups is 1. The molecule has 1 atom stereocenters. The molecule has 1 saturated heterocycles. The van der Waals surface area contributed by atoms with Crippen LogP contribution in [0.3, 0.4) is 0 Å². The van der Waals surface area contributed by atoms with Gasteiger partial charge in [0.15, 0.2) is 15.8 Å². The number of hydrogen-bond donors (Lipinski definition) is 1. The molecule has 0 radical (unpaired) electrons. The molecule has 0 amide bonds. The third kappa shape index (κ3) is 2.12. The van der Waals surface area contributed by atoms with Crippen molar-refractivity contribution in [1.82, 2.24) is 13.7 Å². The first kappa shape index (κ1) is 14.2. The molecule has 1 fully saturated rings. The van der Waals surface area contributed by atoms with E-state index >= 15 is 0 Å². The Bertz CT molecular complexity index is 721. The minimum absolute atomic E-state index is 0.00708. The molecule has 9 heteroatoms. The van der Waals surface area contributed by atoms with Crippen LogP contribution in [0.4, 0.5) is 5.82 Å². The summed E-state index contributed by atoms with van der Waals surface area (Å²) >= 11 is 3.22. The summed E-state index contributed by atoms with van der Waals surface area (Å²) < 4.78 is 29.2. The predicted molar refractivity (Wildman–Crippen MR) is 83.3 cm³/mol. The van der Waals surface area contributed by atoms with Gasteiger partial charge in [0.1, 0.15) is 0 Å². The first-order valence-corrected chi connectivity index (χ1v) is 9.76. The topological polar surface area (TPSA) is 66.7 Å². The van der Waals surface area contributed by atoms with Gasteiger partial charge in [-0.1, -0.05) is 0 Å². The number of anilines is 1. The second-order valence-electron chi connectivity index (χ2n) is 4.61. The Morgan fingerprint density at radius 3 is 3.00 bits per heavy atom. The van der Waals surface area contributed by atoms with E-state index in [0.29, 0.717) is 17.3 Å². The van der Waals surface area contributed by atoms with Gasteiger partial charge in [0.05, 0.1) is 0 Å². The largest absolute Gasteiger partial charge is 0.371 e. The number of sulfonamides is 1. The standard InChI is InChI=1S/C11H16N4O2S3/c1-8-7-18-5-4-15(8)20(16,17)10-9(12-2)13-11-14(10)3-6-19-11/h3,6,8,12H,4-5,7H2,1-2H3. The van der Waals surface area contributed by atoms with Gasteiger partial charge in [0.2, 0.25) is 0 Å². The predicted octanol–water partition coefficient (Wildman–Crippen LogP) is 1.56. The maximum absolute atomic E-state index is 13.0. The molecule has 110 valence electrons. The Labute approximate surface area is 126 Å². The smallest absolute Gasteiger partial charge is 0.263 e. The molecule has 1 N–H and O–H groups in total. The van der Waals surface area contributed by atoms with Crippen molar-refractivity contribution in [3.63, 3.8) is 0 Å². The van der Waals surface area contributed by atoms with Gasteiger partial charge in [0, 0.05) is 42.7 Å². The van der Waals surface area contributed by atoms with Crippen molar-refractivity contribution in [2.24, 2.45) is 0 Å². The Morgan fingerprint density at radius 1 is 1.50 bits per heavy atom. The molecule has 0 saturated carbocycles. The van der Waals surface area contributed by atoms with E-state index in [1.165, 1.54) is 11.3 Å². The minimum Gasteiger partial charge on any atom is -0.371 e. The number of fused-ring (bicyclic) bond motifs is 1. The molecule has 0 aromatic carbocycles. The highest BCUT2D eigenvalue weighted by Gasteiger charge is 2.36. The highest BCUT2D eigenvalue weighted by Crippen LogP contribution is 2.30. The van der Waals surface area contributed by atoms with Crippen molar-refractivity contribution in [3.05, 3.63) is 11.6 Å². The van der Waals surface area contributed by atoms with Crippen LogP contribution in [-0.2, 0) is 10.0 Å². The summed E-state index contributed by atoms with van der Waals surface area (Å²) in [6.07, 6.45) is 1.75. The fraction of sp³-hybridized carbons (Fsp3) is 0.545. The molecular formula is C11H16N4O2S3. The van der Waals surface area contributed by atoms with E-state index in [0.717, 1.165) is 11.5 Å². The summed E-state index contributed by atoms with van der Waals surface area (Å²) in [5, 5.41) is 4.98. The average Bonchev–Trinajstić information content (AvgIpc) is 2.97. The van der Waals surface area contributed by atoms with Crippen LogP contribution in [0, 0.1) is 0 Å². The summed E-state index contributed by atoms with van der Waals surface area (Å²) in [5.41, 5.74) is 0. The van der Waals surface area contributed by atoms with Crippen LogP contribution >= 0.6 is 23.1 Å². The van der Waals surface area contributed by atoms with Crippen LogP contribution in [0.15, 0.2) is 16.6 Å². The number of rotatable bonds is 3. The number of imidazole rings is 1. The van der Waals surface area contributed by atoms with Crippen molar-refractivity contribution in [1.29, 1.82) is 0 Å². The van der Waals surface area contributed by atoms with E-state index in [2.05, 4.69) is 10.3 Å². The van der Waals surface area contributed by atoms with E-state index in [4.69, 9.17) is 0 Å². The number of nitrogens with one attached hydrogen (secondary N) is 1. The quantitative estimate of drug-likeness (QED) is 0.924. The highest BCUT2D eigenvalue weighted by atomic mass is 32.2. The lowest BCUT2D eigenvalue weighted by molar-refractivity contribution is 0.366. The van der Waals surface area contributed by atoms with E-state index < -0.39 is 10.0 Å². The Balaban J connectivity index is 2.15. The molecule has 20 heavy (non-hydrogen) atoms. The van der Waals surface area contributed by atoms with E-state index in [1.807, 2.05) is 12.3 Å². The highest BCUT2D eigenvalue weighted by molar-refractivity contribution is 7.99. The summed E-state index contributed by atoms with van der Waals surface area (Å²) in [4.78, 5) is 5.02. The molecule has 0 aliphatic carbocycles. The molecule has 2 aromatic heterocycles. The Hall–Kier alpha value is -0.770. The van der Waals surface area contributed by atoms with E-state index in [-0.39, 0.29) is 11.1 Å². The zero-order valence-corrected chi connectivity index (χ0v) is 13.7. The fourth-order valence-electron chi connectivity index (χ4n) is 2.35. The summed E-state index contributed by atoms with van der Waals surface area (Å²) in [6, 6.07) is 0.00708. The second kappa shape index (κ2) is 5.21. The van der Waals surface area contributed by atoms with Crippen LogP contribution in [0.1, 0.15) is 6.92 Å². The van der Waals surface area contributed by atoms with Gasteiger partial charge < -0.3 is 5.32 Å². The lowest BCUT2D eigenvalue weighted by Crippen LogP contribution is -2.44. The van der Waals surface area contributed by atoms with Gasteiger partial charge in [0.25, 0.3) is 10.0 Å². The molecule has 2 aromatic rings. The van der Waals surface area contributed by atoms with Gasteiger partial charge in [-0.05, 0) is 6.92 Å². The molecule has 1 unspecified atom stereocenters. The molecule has 3 rings (SSSR count). The van der Waals surface area contributed by atoms with Crippen molar-refractivity contribution >= 4 is 43.9 Å². The molecule has 0 bridgehead atoms. The van der Waals surface area contributed by atoms with Crippen LogP contribution in [0.5, 0.6) is 0 Å². The van der Waals surface area contributed by atoms with Crippen molar-refractivity contribution in [3.8, 4) is 0 Å². The normalized spacial score (nSPS) is 21.4. The molecular weight excluding hydrogens is 316 g/mol. The van der Waals surface area contributed by atoms with E-state index in [1.54, 1.807) is 33.7 Å². The molecule has 6 nitrogen and oxygen atoms in total. The zero-order valence-electron chi connectivity index (χ0n) is 11.2. The molecule has 1 aliphatic rings. The van der Waals surface area contributed by atoms with Crippen molar-refractivity contribution in [2.45, 2.75) is 18.0 Å². The summed E-state index contributed by atoms with van der Waals surface area (Å²) in [6.45, 7) is 2.50. The third-order valence-corrected chi connectivity index (χ3v) is 7.30. The molecule has 0 spiro atoms. The SMILES string of the molecule is CNc1nc2sccn2c1S(=O)(=O)N1CCSCC1C. The van der Waals surface area contributed by atoms with E-state index in [9.17, 15) is 8.42 Å². The monoisotopic (exact) mass is 332 g/mol. The maximum Gasteiger partial charge on any atom is 0.263 e. The lowest BCUT2D eigenvalue weighted by Gasteiger charge is -2.31. The van der Waals surface area contributed by atoms with Crippen LogP contribution in [-0.4, -0.2) is 53.2 Å². The lowest BCUT2D eigenvalue weighted by atomic mass is 10.4. The number of thiazole rings is 1. The first-order valence-electron chi connectivity index (χ1n) is 6.28. The van der Waals surface area contributed by atoms with Gasteiger partial charge in [-0.25, -0.2) is 13.4 Å². The molecule has 1 aliphatic heterocycles. The summed E-state index contributed by atoms with van der Waals surface area (Å²) in [7, 11) is -1.85. The Kier molecular flexibility index (Phi) is 3.69. The van der Waals surface area contributed by atoms with Gasteiger partial charge in [-0.15, -0.1) is 11.3 Å². The fourth-order valence-corrected chi connectivity index (χ4v) is 6.24. The maximum atomic E-state index is 13.0. The van der Waals surface area contributed by atoms with Gasteiger partial charge in [-0.3, -0.25) is 4.40 Å².